The molecule has 1 atom stereocenters. The number of benzene rings is 1. The Hall–Kier alpha value is -0.900. The van der Waals surface area contributed by atoms with Crippen molar-refractivity contribution < 1.29 is 4.39 Å². The maximum atomic E-state index is 12.8. The molecule has 0 amide bonds. The molecule has 0 aliphatic carbocycles. The highest BCUT2D eigenvalue weighted by atomic mass is 32.2. The SMILES string of the molecule is CSCC(C)CNc1ccc(F)cc1N. The molecule has 84 valence electrons. The van der Waals surface area contributed by atoms with Crippen LogP contribution >= 0.6 is 11.8 Å². The van der Waals surface area contributed by atoms with Gasteiger partial charge < -0.3 is 11.1 Å². The number of halogens is 1. The second-order valence-electron chi connectivity index (χ2n) is 3.67. The third-order valence-electron chi connectivity index (χ3n) is 2.11. The van der Waals surface area contributed by atoms with Crippen LogP contribution in [-0.2, 0) is 0 Å². The van der Waals surface area contributed by atoms with Crippen molar-refractivity contribution >= 4 is 23.1 Å². The van der Waals surface area contributed by atoms with E-state index in [1.807, 2.05) is 11.8 Å². The van der Waals surface area contributed by atoms with Gasteiger partial charge in [-0.3, -0.25) is 0 Å². The smallest absolute Gasteiger partial charge is 0.125 e. The molecule has 4 heteroatoms. The summed E-state index contributed by atoms with van der Waals surface area (Å²) >= 11 is 1.82. The van der Waals surface area contributed by atoms with E-state index in [9.17, 15) is 4.39 Å². The third kappa shape index (κ3) is 4.00. The molecule has 15 heavy (non-hydrogen) atoms. The van der Waals surface area contributed by atoms with Gasteiger partial charge in [0.15, 0.2) is 0 Å². The number of nitrogen functional groups attached to an aromatic ring is 1. The van der Waals surface area contributed by atoms with E-state index < -0.39 is 0 Å². The second-order valence-corrected chi connectivity index (χ2v) is 4.58. The minimum Gasteiger partial charge on any atom is -0.397 e. The number of nitrogens with two attached hydrogens (primary N) is 1. The number of anilines is 2. The largest absolute Gasteiger partial charge is 0.397 e. The molecule has 0 saturated carbocycles. The minimum atomic E-state index is -0.296. The molecule has 0 aliphatic rings. The molecule has 1 aromatic carbocycles. The first kappa shape index (κ1) is 12.2. The van der Waals surface area contributed by atoms with E-state index in [2.05, 4.69) is 18.5 Å². The van der Waals surface area contributed by atoms with Gasteiger partial charge >= 0.3 is 0 Å². The summed E-state index contributed by atoms with van der Waals surface area (Å²) < 4.78 is 12.8. The van der Waals surface area contributed by atoms with Crippen molar-refractivity contribution in [2.45, 2.75) is 6.92 Å². The first-order valence-electron chi connectivity index (χ1n) is 4.91. The summed E-state index contributed by atoms with van der Waals surface area (Å²) in [6, 6.07) is 4.43. The lowest BCUT2D eigenvalue weighted by Gasteiger charge is -2.13. The minimum absolute atomic E-state index is 0.296. The number of rotatable bonds is 5. The number of thioether (sulfide) groups is 1. The van der Waals surface area contributed by atoms with Gasteiger partial charge in [0.05, 0.1) is 11.4 Å². The van der Waals surface area contributed by atoms with Crippen molar-refractivity contribution in [3.8, 4) is 0 Å². The zero-order valence-corrected chi connectivity index (χ0v) is 9.90. The highest BCUT2D eigenvalue weighted by Crippen LogP contribution is 2.19. The predicted molar refractivity (Wildman–Crippen MR) is 66.8 cm³/mol. The average molecular weight is 228 g/mol. The molecule has 1 unspecified atom stereocenters. The van der Waals surface area contributed by atoms with Crippen molar-refractivity contribution in [2.24, 2.45) is 5.92 Å². The van der Waals surface area contributed by atoms with Crippen LogP contribution < -0.4 is 11.1 Å². The quantitative estimate of drug-likeness (QED) is 0.761. The topological polar surface area (TPSA) is 38.0 Å². The molecule has 0 heterocycles. The van der Waals surface area contributed by atoms with Crippen molar-refractivity contribution in [2.75, 3.05) is 29.6 Å². The summed E-state index contributed by atoms with van der Waals surface area (Å²) in [5.41, 5.74) is 6.95. The van der Waals surface area contributed by atoms with Crippen LogP contribution in [0.3, 0.4) is 0 Å². The van der Waals surface area contributed by atoms with E-state index in [0.29, 0.717) is 11.6 Å². The van der Waals surface area contributed by atoms with Crippen molar-refractivity contribution in [1.29, 1.82) is 0 Å². The Morgan fingerprint density at radius 3 is 2.87 bits per heavy atom. The van der Waals surface area contributed by atoms with Crippen LogP contribution in [0.25, 0.3) is 0 Å². The molecule has 3 N–H and O–H groups in total. The van der Waals surface area contributed by atoms with Crippen LogP contribution in [0.4, 0.5) is 15.8 Å². The average Bonchev–Trinajstić information content (AvgIpc) is 2.17. The molecule has 0 aliphatic heterocycles. The fourth-order valence-electron chi connectivity index (χ4n) is 1.32. The molecule has 1 rings (SSSR count). The number of hydrogen-bond donors (Lipinski definition) is 2. The summed E-state index contributed by atoms with van der Waals surface area (Å²) in [4.78, 5) is 0. The Bertz CT molecular complexity index is 317. The molecule has 1 aromatic rings. The highest BCUT2D eigenvalue weighted by molar-refractivity contribution is 7.98. The molecular formula is C11H17FN2S. The predicted octanol–water partition coefficient (Wildman–Crippen LogP) is 2.82. The van der Waals surface area contributed by atoms with Crippen LogP contribution in [-0.4, -0.2) is 18.6 Å². The van der Waals surface area contributed by atoms with Gasteiger partial charge in [-0.2, -0.15) is 11.8 Å². The van der Waals surface area contributed by atoms with Gasteiger partial charge in [0.25, 0.3) is 0 Å². The van der Waals surface area contributed by atoms with Gasteiger partial charge in [-0.1, -0.05) is 6.92 Å². The van der Waals surface area contributed by atoms with E-state index in [1.54, 1.807) is 6.07 Å². The van der Waals surface area contributed by atoms with Gasteiger partial charge in [-0.05, 0) is 36.1 Å². The standard InChI is InChI=1S/C11H17FN2S/c1-8(7-15-2)6-14-11-4-3-9(12)5-10(11)13/h3-5,8,14H,6-7,13H2,1-2H3. The molecule has 0 aromatic heterocycles. The van der Waals surface area contributed by atoms with Gasteiger partial charge in [-0.25, -0.2) is 4.39 Å². The molecule has 0 fully saturated rings. The lowest BCUT2D eigenvalue weighted by Crippen LogP contribution is -2.14. The summed E-state index contributed by atoms with van der Waals surface area (Å²) in [5.74, 6) is 1.38. The maximum Gasteiger partial charge on any atom is 0.125 e. The van der Waals surface area contributed by atoms with E-state index in [4.69, 9.17) is 5.73 Å². The van der Waals surface area contributed by atoms with Crippen molar-refractivity contribution in [1.82, 2.24) is 0 Å². The fraction of sp³-hybridized carbons (Fsp3) is 0.455. The van der Waals surface area contributed by atoms with Crippen molar-refractivity contribution in [3.63, 3.8) is 0 Å². The maximum absolute atomic E-state index is 12.8. The Kier molecular flexibility index (Phi) is 4.75. The highest BCUT2D eigenvalue weighted by Gasteiger charge is 2.03. The molecule has 2 nitrogen and oxygen atoms in total. The first-order chi connectivity index (χ1) is 7.13. The Balaban J connectivity index is 2.50. The summed E-state index contributed by atoms with van der Waals surface area (Å²) in [7, 11) is 0. The van der Waals surface area contributed by atoms with Crippen LogP contribution in [0.1, 0.15) is 6.92 Å². The van der Waals surface area contributed by atoms with Gasteiger partial charge in [0, 0.05) is 6.54 Å². The van der Waals surface area contributed by atoms with Crippen LogP contribution in [0.15, 0.2) is 18.2 Å². The molecule has 0 saturated heterocycles. The number of nitrogens with one attached hydrogen (secondary N) is 1. The van der Waals surface area contributed by atoms with E-state index in [1.165, 1.54) is 12.1 Å². The first-order valence-corrected chi connectivity index (χ1v) is 6.30. The fourth-order valence-corrected chi connectivity index (χ4v) is 2.01. The zero-order valence-electron chi connectivity index (χ0n) is 9.09. The zero-order chi connectivity index (χ0) is 11.3. The van der Waals surface area contributed by atoms with E-state index >= 15 is 0 Å². The van der Waals surface area contributed by atoms with E-state index in [0.717, 1.165) is 18.0 Å². The Morgan fingerprint density at radius 2 is 2.27 bits per heavy atom. The summed E-state index contributed by atoms with van der Waals surface area (Å²) in [6.45, 7) is 3.03. The van der Waals surface area contributed by atoms with Crippen LogP contribution in [0.2, 0.25) is 0 Å². The van der Waals surface area contributed by atoms with Crippen LogP contribution in [0.5, 0.6) is 0 Å². The Morgan fingerprint density at radius 1 is 1.53 bits per heavy atom. The second kappa shape index (κ2) is 5.85. The molecule has 0 bridgehead atoms. The molecular weight excluding hydrogens is 211 g/mol. The van der Waals surface area contributed by atoms with Crippen molar-refractivity contribution in [3.05, 3.63) is 24.0 Å². The van der Waals surface area contributed by atoms with Gasteiger partial charge in [0.1, 0.15) is 5.82 Å². The molecule has 0 radical (unpaired) electrons. The van der Waals surface area contributed by atoms with Crippen LogP contribution in [0, 0.1) is 11.7 Å². The van der Waals surface area contributed by atoms with Gasteiger partial charge in [-0.15, -0.1) is 0 Å². The summed E-state index contributed by atoms with van der Waals surface area (Å²) in [6.07, 6.45) is 2.09. The van der Waals surface area contributed by atoms with Gasteiger partial charge in [0.2, 0.25) is 0 Å². The lowest BCUT2D eigenvalue weighted by molar-refractivity contribution is 0.628. The lowest BCUT2D eigenvalue weighted by atomic mass is 10.2. The third-order valence-corrected chi connectivity index (χ3v) is 3.01. The number of hydrogen-bond acceptors (Lipinski definition) is 3. The normalized spacial score (nSPS) is 12.5. The monoisotopic (exact) mass is 228 g/mol. The Labute approximate surface area is 94.4 Å². The summed E-state index contributed by atoms with van der Waals surface area (Å²) in [5, 5.41) is 3.22. The molecule has 0 spiro atoms. The van der Waals surface area contributed by atoms with E-state index in [-0.39, 0.29) is 5.82 Å².